The van der Waals surface area contributed by atoms with Crippen LogP contribution in [0.4, 0.5) is 0 Å². The normalized spacial score (nSPS) is 29.1. The summed E-state index contributed by atoms with van der Waals surface area (Å²) in [4.78, 5) is 0. The minimum Gasteiger partial charge on any atom is -0.313 e. The van der Waals surface area contributed by atoms with Gasteiger partial charge in [0.25, 0.3) is 0 Å². The van der Waals surface area contributed by atoms with Gasteiger partial charge < -0.3 is 10.6 Å². The molecule has 2 aliphatic rings. The first-order chi connectivity index (χ1) is 6.46. The Morgan fingerprint density at radius 1 is 0.929 bits per heavy atom. The third-order valence-corrected chi connectivity index (χ3v) is 4.50. The van der Waals surface area contributed by atoms with Gasteiger partial charge in [-0.1, -0.05) is 27.7 Å². The summed E-state index contributed by atoms with van der Waals surface area (Å²) in [6, 6.07) is 1.55. The van der Waals surface area contributed by atoms with Gasteiger partial charge in [-0.2, -0.15) is 0 Å². The summed E-state index contributed by atoms with van der Waals surface area (Å²) < 4.78 is 0. The highest BCUT2D eigenvalue weighted by Crippen LogP contribution is 2.62. The lowest BCUT2D eigenvalue weighted by molar-refractivity contribution is 0.457. The van der Waals surface area contributed by atoms with Gasteiger partial charge in [0.15, 0.2) is 0 Å². The van der Waals surface area contributed by atoms with E-state index in [1.165, 1.54) is 12.8 Å². The minimum atomic E-state index is 0.479. The Balaban J connectivity index is 1.62. The number of rotatable bonds is 5. The fourth-order valence-corrected chi connectivity index (χ4v) is 2.49. The highest BCUT2D eigenvalue weighted by atomic mass is 15.1. The zero-order chi connectivity index (χ0) is 10.4. The van der Waals surface area contributed by atoms with Gasteiger partial charge in [0.05, 0.1) is 0 Å². The van der Waals surface area contributed by atoms with E-state index in [9.17, 15) is 0 Å². The molecule has 0 bridgehead atoms. The summed E-state index contributed by atoms with van der Waals surface area (Å²) in [7, 11) is 0. The molecule has 82 valence electrons. The van der Waals surface area contributed by atoms with Crippen molar-refractivity contribution in [2.75, 3.05) is 13.1 Å². The van der Waals surface area contributed by atoms with Crippen molar-refractivity contribution in [2.45, 2.75) is 52.6 Å². The van der Waals surface area contributed by atoms with Gasteiger partial charge in [0.2, 0.25) is 0 Å². The van der Waals surface area contributed by atoms with Gasteiger partial charge in [0, 0.05) is 25.2 Å². The van der Waals surface area contributed by atoms with Crippen LogP contribution in [0, 0.1) is 10.8 Å². The van der Waals surface area contributed by atoms with Crippen LogP contribution in [0.2, 0.25) is 0 Å². The van der Waals surface area contributed by atoms with Gasteiger partial charge in [-0.15, -0.1) is 0 Å². The maximum absolute atomic E-state index is 3.66. The second kappa shape index (κ2) is 3.21. The van der Waals surface area contributed by atoms with E-state index in [1.807, 2.05) is 0 Å². The number of hydrogen-bond acceptors (Lipinski definition) is 2. The summed E-state index contributed by atoms with van der Waals surface area (Å²) in [5, 5.41) is 7.19. The first-order valence-electron chi connectivity index (χ1n) is 5.93. The molecule has 14 heavy (non-hydrogen) atoms. The molecule has 0 unspecified atom stereocenters. The molecule has 0 atom stereocenters. The van der Waals surface area contributed by atoms with Crippen LogP contribution in [0.3, 0.4) is 0 Å². The molecule has 0 heterocycles. The van der Waals surface area contributed by atoms with Crippen LogP contribution in [-0.4, -0.2) is 25.2 Å². The predicted molar refractivity (Wildman–Crippen MR) is 60.4 cm³/mol. The Hall–Kier alpha value is -0.0800. The van der Waals surface area contributed by atoms with E-state index in [2.05, 4.69) is 38.3 Å². The highest BCUT2D eigenvalue weighted by Gasteiger charge is 2.64. The Bertz CT molecular complexity index is 202. The SMILES string of the molecule is CC1(C)C(NCCNC2CC2)C1(C)C. The number of nitrogens with one attached hydrogen (secondary N) is 2. The molecule has 2 fully saturated rings. The average molecular weight is 196 g/mol. The zero-order valence-corrected chi connectivity index (χ0v) is 9.98. The highest BCUT2D eigenvalue weighted by molar-refractivity contribution is 5.17. The van der Waals surface area contributed by atoms with Crippen molar-refractivity contribution in [2.24, 2.45) is 10.8 Å². The van der Waals surface area contributed by atoms with Crippen molar-refractivity contribution >= 4 is 0 Å². The van der Waals surface area contributed by atoms with E-state index in [0.29, 0.717) is 16.9 Å². The predicted octanol–water partition coefficient (Wildman–Crippen LogP) is 1.76. The van der Waals surface area contributed by atoms with Crippen LogP contribution in [-0.2, 0) is 0 Å². The van der Waals surface area contributed by atoms with Crippen molar-refractivity contribution in [3.8, 4) is 0 Å². The van der Waals surface area contributed by atoms with Crippen LogP contribution >= 0.6 is 0 Å². The molecule has 0 aromatic heterocycles. The molecule has 0 aliphatic heterocycles. The Kier molecular flexibility index (Phi) is 2.39. The van der Waals surface area contributed by atoms with Crippen molar-refractivity contribution in [1.29, 1.82) is 0 Å². The first-order valence-corrected chi connectivity index (χ1v) is 5.93. The summed E-state index contributed by atoms with van der Waals surface area (Å²) >= 11 is 0. The fourth-order valence-electron chi connectivity index (χ4n) is 2.49. The lowest BCUT2D eigenvalue weighted by Gasteiger charge is -2.06. The summed E-state index contributed by atoms with van der Waals surface area (Å²) in [6.07, 6.45) is 2.78. The van der Waals surface area contributed by atoms with Crippen LogP contribution < -0.4 is 10.6 Å². The fraction of sp³-hybridized carbons (Fsp3) is 1.00. The quantitative estimate of drug-likeness (QED) is 0.655. The van der Waals surface area contributed by atoms with Crippen LogP contribution in [0.1, 0.15) is 40.5 Å². The third kappa shape index (κ3) is 1.70. The van der Waals surface area contributed by atoms with Gasteiger partial charge >= 0.3 is 0 Å². The van der Waals surface area contributed by atoms with E-state index in [4.69, 9.17) is 0 Å². The maximum atomic E-state index is 3.66. The van der Waals surface area contributed by atoms with E-state index >= 15 is 0 Å². The second-order valence-electron chi connectivity index (χ2n) is 6.06. The number of hydrogen-bond donors (Lipinski definition) is 2. The maximum Gasteiger partial charge on any atom is 0.0181 e. The van der Waals surface area contributed by atoms with E-state index in [1.54, 1.807) is 0 Å². The Morgan fingerprint density at radius 3 is 1.86 bits per heavy atom. The summed E-state index contributed by atoms with van der Waals surface area (Å²) in [5.74, 6) is 0. The van der Waals surface area contributed by atoms with Crippen molar-refractivity contribution in [3.63, 3.8) is 0 Å². The molecule has 2 nitrogen and oxygen atoms in total. The van der Waals surface area contributed by atoms with Gasteiger partial charge in [-0.3, -0.25) is 0 Å². The van der Waals surface area contributed by atoms with Gasteiger partial charge in [-0.05, 0) is 23.7 Å². The second-order valence-corrected chi connectivity index (χ2v) is 6.06. The van der Waals surface area contributed by atoms with Crippen LogP contribution in [0.25, 0.3) is 0 Å². The molecular weight excluding hydrogens is 172 g/mol. The molecule has 2 heteroatoms. The van der Waals surface area contributed by atoms with Gasteiger partial charge in [-0.25, -0.2) is 0 Å². The Morgan fingerprint density at radius 2 is 1.43 bits per heavy atom. The largest absolute Gasteiger partial charge is 0.313 e. The summed E-state index contributed by atoms with van der Waals surface area (Å²) in [6.45, 7) is 11.7. The van der Waals surface area contributed by atoms with E-state index in [0.717, 1.165) is 19.1 Å². The minimum absolute atomic E-state index is 0.479. The molecule has 2 saturated carbocycles. The molecular formula is C12H24N2. The lowest BCUT2D eigenvalue weighted by Crippen LogP contribution is -2.32. The molecule has 0 amide bonds. The van der Waals surface area contributed by atoms with Crippen LogP contribution in [0.5, 0.6) is 0 Å². The van der Waals surface area contributed by atoms with Crippen molar-refractivity contribution in [1.82, 2.24) is 10.6 Å². The van der Waals surface area contributed by atoms with Crippen molar-refractivity contribution in [3.05, 3.63) is 0 Å². The Labute approximate surface area is 87.8 Å². The topological polar surface area (TPSA) is 24.1 Å². The van der Waals surface area contributed by atoms with Gasteiger partial charge in [0.1, 0.15) is 0 Å². The molecule has 0 radical (unpaired) electrons. The standard InChI is InChI=1S/C12H24N2/c1-11(2)10(12(11,3)4)14-8-7-13-9-5-6-9/h9-10,13-14H,5-8H2,1-4H3. The zero-order valence-electron chi connectivity index (χ0n) is 9.98. The third-order valence-electron chi connectivity index (χ3n) is 4.50. The van der Waals surface area contributed by atoms with E-state index in [-0.39, 0.29) is 0 Å². The smallest absolute Gasteiger partial charge is 0.0181 e. The molecule has 0 aromatic carbocycles. The molecule has 0 saturated heterocycles. The molecule has 0 aromatic rings. The summed E-state index contributed by atoms with van der Waals surface area (Å²) in [5.41, 5.74) is 0.958. The monoisotopic (exact) mass is 196 g/mol. The lowest BCUT2D eigenvalue weighted by atomic mass is 10.0. The average Bonchev–Trinajstić information content (AvgIpc) is 2.92. The molecule has 0 spiro atoms. The van der Waals surface area contributed by atoms with Crippen LogP contribution in [0.15, 0.2) is 0 Å². The van der Waals surface area contributed by atoms with E-state index < -0.39 is 0 Å². The molecule has 2 aliphatic carbocycles. The first kappa shape index (κ1) is 10.4. The van der Waals surface area contributed by atoms with Crippen molar-refractivity contribution < 1.29 is 0 Å². The molecule has 2 N–H and O–H groups in total. The molecule has 2 rings (SSSR count).